The lowest BCUT2D eigenvalue weighted by molar-refractivity contribution is -0.137. The van der Waals surface area contributed by atoms with E-state index in [1.54, 1.807) is 12.1 Å². The molecular weight excluding hydrogens is 283 g/mol. The Hall–Kier alpha value is -1.95. The molecule has 0 spiro atoms. The van der Waals surface area contributed by atoms with Gasteiger partial charge in [-0.3, -0.25) is 4.90 Å². The van der Waals surface area contributed by atoms with Crippen molar-refractivity contribution in [2.24, 2.45) is 0 Å². The van der Waals surface area contributed by atoms with Gasteiger partial charge in [0.05, 0.1) is 12.1 Å². The van der Waals surface area contributed by atoms with E-state index in [4.69, 9.17) is 4.74 Å². The van der Waals surface area contributed by atoms with Crippen LogP contribution in [0.4, 0.5) is 13.2 Å². The molecule has 0 saturated carbocycles. The van der Waals surface area contributed by atoms with Crippen molar-refractivity contribution in [3.8, 4) is 0 Å². The van der Waals surface area contributed by atoms with E-state index in [1.165, 1.54) is 12.3 Å². The molecule has 0 saturated heterocycles. The number of allylic oxidation sites excluding steroid dienone is 1. The molecule has 21 heavy (non-hydrogen) atoms. The molecule has 2 aliphatic heterocycles. The number of halogens is 3. The summed E-state index contributed by atoms with van der Waals surface area (Å²) in [6, 6.07) is 3.89. The molecule has 1 aromatic carbocycles. The highest BCUT2D eigenvalue weighted by atomic mass is 19.4. The highest BCUT2D eigenvalue weighted by Crippen LogP contribution is 2.33. The van der Waals surface area contributed by atoms with Crippen LogP contribution in [0.15, 0.2) is 42.1 Å². The van der Waals surface area contributed by atoms with Gasteiger partial charge in [-0.25, -0.2) is 0 Å². The van der Waals surface area contributed by atoms with Crippen LogP contribution in [0.25, 0.3) is 0 Å². The SMILES string of the molecule is OC1=COC(CN2Cc3ccc(C(F)(F)F)cc3C2)=CC1. The summed E-state index contributed by atoms with van der Waals surface area (Å²) in [6.45, 7) is 1.58. The number of aliphatic hydroxyl groups excluding tert-OH is 1. The van der Waals surface area contributed by atoms with Crippen molar-refractivity contribution >= 4 is 0 Å². The lowest BCUT2D eigenvalue weighted by atomic mass is 10.1. The quantitative estimate of drug-likeness (QED) is 0.903. The number of hydrogen-bond donors (Lipinski definition) is 1. The van der Waals surface area contributed by atoms with Crippen LogP contribution in [0.2, 0.25) is 0 Å². The maximum atomic E-state index is 12.7. The predicted molar refractivity (Wildman–Crippen MR) is 70.1 cm³/mol. The third-order valence-corrected chi connectivity index (χ3v) is 3.59. The Balaban J connectivity index is 1.68. The molecule has 2 aliphatic rings. The molecule has 3 nitrogen and oxygen atoms in total. The van der Waals surface area contributed by atoms with E-state index in [2.05, 4.69) is 0 Å². The van der Waals surface area contributed by atoms with E-state index in [0.717, 1.165) is 11.6 Å². The first-order valence-corrected chi connectivity index (χ1v) is 6.57. The summed E-state index contributed by atoms with van der Waals surface area (Å²) in [4.78, 5) is 2.01. The van der Waals surface area contributed by atoms with Gasteiger partial charge >= 0.3 is 6.18 Å². The van der Waals surface area contributed by atoms with E-state index in [9.17, 15) is 18.3 Å². The number of benzene rings is 1. The lowest BCUT2D eigenvalue weighted by Gasteiger charge is -2.18. The van der Waals surface area contributed by atoms with Crippen LogP contribution < -0.4 is 0 Å². The molecule has 2 heterocycles. The molecule has 0 aromatic heterocycles. The average molecular weight is 297 g/mol. The van der Waals surface area contributed by atoms with Crippen LogP contribution >= 0.6 is 0 Å². The fourth-order valence-corrected chi connectivity index (χ4v) is 2.53. The Labute approximate surface area is 119 Å². The Bertz CT molecular complexity index is 620. The molecule has 0 amide bonds. The number of rotatable bonds is 2. The molecule has 112 valence electrons. The second kappa shape index (κ2) is 5.11. The number of ether oxygens (including phenoxy) is 1. The highest BCUT2D eigenvalue weighted by Gasteiger charge is 2.32. The average Bonchev–Trinajstić information content (AvgIpc) is 2.81. The number of fused-ring (bicyclic) bond motifs is 1. The third kappa shape index (κ3) is 3.05. The summed E-state index contributed by atoms with van der Waals surface area (Å²) in [7, 11) is 0. The van der Waals surface area contributed by atoms with Crippen LogP contribution in [-0.2, 0) is 24.0 Å². The van der Waals surface area contributed by atoms with Gasteiger partial charge < -0.3 is 9.84 Å². The van der Waals surface area contributed by atoms with Crippen molar-refractivity contribution < 1.29 is 23.0 Å². The Kier molecular flexibility index (Phi) is 3.41. The van der Waals surface area contributed by atoms with Crippen LogP contribution in [0.3, 0.4) is 0 Å². The molecule has 3 rings (SSSR count). The minimum atomic E-state index is -4.31. The first-order valence-electron chi connectivity index (χ1n) is 6.57. The molecular formula is C15H14F3NO2. The molecule has 1 aromatic rings. The van der Waals surface area contributed by atoms with Crippen LogP contribution in [-0.4, -0.2) is 16.6 Å². The van der Waals surface area contributed by atoms with E-state index in [-0.39, 0.29) is 5.76 Å². The summed E-state index contributed by atoms with van der Waals surface area (Å²) < 4.78 is 43.3. The number of alkyl halides is 3. The third-order valence-electron chi connectivity index (χ3n) is 3.59. The van der Waals surface area contributed by atoms with E-state index < -0.39 is 11.7 Å². The van der Waals surface area contributed by atoms with Gasteiger partial charge in [0.15, 0.2) is 0 Å². The standard InChI is InChI=1S/C15H14F3NO2/c16-15(17,18)12-2-1-10-6-19(7-11(10)5-12)8-14-4-3-13(20)9-21-14/h1-2,4-5,9,20H,3,6-8H2. The van der Waals surface area contributed by atoms with Gasteiger partial charge in [0.2, 0.25) is 0 Å². The normalized spacial score (nSPS) is 18.8. The predicted octanol–water partition coefficient (Wildman–Crippen LogP) is 3.72. The van der Waals surface area contributed by atoms with Crippen LogP contribution in [0.1, 0.15) is 23.1 Å². The molecule has 0 bridgehead atoms. The summed E-state index contributed by atoms with van der Waals surface area (Å²) in [5, 5.41) is 9.21. The van der Waals surface area contributed by atoms with Gasteiger partial charge in [-0.2, -0.15) is 13.2 Å². The fourth-order valence-electron chi connectivity index (χ4n) is 2.53. The second-order valence-electron chi connectivity index (χ2n) is 5.23. The van der Waals surface area contributed by atoms with Gasteiger partial charge in [0.25, 0.3) is 0 Å². The van der Waals surface area contributed by atoms with Crippen molar-refractivity contribution in [2.45, 2.75) is 25.7 Å². The molecule has 0 fully saturated rings. The minimum absolute atomic E-state index is 0.165. The number of nitrogens with zero attached hydrogens (tertiary/aromatic N) is 1. The zero-order valence-electron chi connectivity index (χ0n) is 11.2. The molecule has 0 aliphatic carbocycles. The largest absolute Gasteiger partial charge is 0.509 e. The van der Waals surface area contributed by atoms with Gasteiger partial charge in [-0.05, 0) is 29.3 Å². The zero-order valence-corrected chi connectivity index (χ0v) is 11.2. The fraction of sp³-hybridized carbons (Fsp3) is 0.333. The molecule has 1 N–H and O–H groups in total. The van der Waals surface area contributed by atoms with Crippen molar-refractivity contribution in [1.29, 1.82) is 0 Å². The second-order valence-corrected chi connectivity index (χ2v) is 5.23. The van der Waals surface area contributed by atoms with Gasteiger partial charge in [-0.1, -0.05) is 6.07 Å². The summed E-state index contributed by atoms with van der Waals surface area (Å²) in [5.74, 6) is 0.870. The Morgan fingerprint density at radius 2 is 1.95 bits per heavy atom. The maximum Gasteiger partial charge on any atom is 0.416 e. The Morgan fingerprint density at radius 1 is 1.19 bits per heavy atom. The molecule has 0 atom stereocenters. The van der Waals surface area contributed by atoms with Crippen molar-refractivity contribution in [3.05, 3.63) is 58.7 Å². The Morgan fingerprint density at radius 3 is 2.62 bits per heavy atom. The highest BCUT2D eigenvalue weighted by molar-refractivity contribution is 5.36. The molecule has 0 radical (unpaired) electrons. The van der Waals surface area contributed by atoms with Crippen LogP contribution in [0.5, 0.6) is 0 Å². The molecule has 0 unspecified atom stereocenters. The van der Waals surface area contributed by atoms with Crippen molar-refractivity contribution in [3.63, 3.8) is 0 Å². The number of aliphatic hydroxyl groups is 1. The van der Waals surface area contributed by atoms with Crippen molar-refractivity contribution in [2.75, 3.05) is 6.54 Å². The van der Waals surface area contributed by atoms with Crippen LogP contribution in [0, 0.1) is 0 Å². The summed E-state index contributed by atoms with van der Waals surface area (Å²) in [5.41, 5.74) is 1.02. The smallest absolute Gasteiger partial charge is 0.416 e. The lowest BCUT2D eigenvalue weighted by Crippen LogP contribution is -2.20. The monoisotopic (exact) mass is 297 g/mol. The first kappa shape index (κ1) is 14.0. The van der Waals surface area contributed by atoms with E-state index >= 15 is 0 Å². The maximum absolute atomic E-state index is 12.7. The molecule has 6 heteroatoms. The summed E-state index contributed by atoms with van der Waals surface area (Å²) >= 11 is 0. The van der Waals surface area contributed by atoms with E-state index in [1.807, 2.05) is 4.90 Å². The van der Waals surface area contributed by atoms with E-state index in [0.29, 0.717) is 37.4 Å². The summed E-state index contributed by atoms with van der Waals surface area (Å²) in [6.07, 6.45) is -0.812. The first-order chi connectivity index (χ1) is 9.91. The van der Waals surface area contributed by atoms with Gasteiger partial charge in [-0.15, -0.1) is 0 Å². The van der Waals surface area contributed by atoms with Gasteiger partial charge in [0, 0.05) is 19.5 Å². The van der Waals surface area contributed by atoms with Gasteiger partial charge in [0.1, 0.15) is 17.8 Å². The van der Waals surface area contributed by atoms with Crippen molar-refractivity contribution in [1.82, 2.24) is 4.90 Å². The zero-order chi connectivity index (χ0) is 15.0. The minimum Gasteiger partial charge on any atom is -0.509 e. The number of hydrogen-bond acceptors (Lipinski definition) is 3. The topological polar surface area (TPSA) is 32.7 Å².